The normalized spacial score (nSPS) is 17.8. The molecule has 0 bridgehead atoms. The van der Waals surface area contributed by atoms with Crippen molar-refractivity contribution in [2.24, 2.45) is 0 Å². The Kier molecular flexibility index (Phi) is 17.7. The SMILES string of the molecule is CCCN(C(=S)SSCCOCCSSC(=S)N(CCC)C1CCCCC1)C1CCCCC1. The van der Waals surface area contributed by atoms with Gasteiger partial charge in [-0.25, -0.2) is 0 Å². The highest BCUT2D eigenvalue weighted by atomic mass is 33.1. The number of thiocarbonyl (C=S) groups is 2. The van der Waals surface area contributed by atoms with Gasteiger partial charge < -0.3 is 14.5 Å². The fourth-order valence-corrected chi connectivity index (χ4v) is 9.53. The minimum atomic E-state index is 0.669. The van der Waals surface area contributed by atoms with Gasteiger partial charge in [-0.1, -0.05) is 98.4 Å². The topological polar surface area (TPSA) is 15.7 Å². The maximum Gasteiger partial charge on any atom is 0.147 e. The van der Waals surface area contributed by atoms with Crippen LogP contribution >= 0.6 is 67.6 Å². The summed E-state index contributed by atoms with van der Waals surface area (Å²) in [6.07, 6.45) is 15.8. The molecule has 3 nitrogen and oxygen atoms in total. The van der Waals surface area contributed by atoms with Gasteiger partial charge in [0.2, 0.25) is 0 Å². The number of hydrogen-bond donors (Lipinski definition) is 0. The van der Waals surface area contributed by atoms with E-state index in [-0.39, 0.29) is 0 Å². The Bertz CT molecular complexity index is 495. The molecule has 0 N–H and O–H groups in total. The molecule has 9 heteroatoms. The molecule has 0 spiro atoms. The predicted molar refractivity (Wildman–Crippen MR) is 164 cm³/mol. The molecule has 0 aromatic heterocycles. The van der Waals surface area contributed by atoms with Crippen LogP contribution in [-0.4, -0.2) is 68.3 Å². The smallest absolute Gasteiger partial charge is 0.147 e. The van der Waals surface area contributed by atoms with Gasteiger partial charge in [-0.2, -0.15) is 0 Å². The van der Waals surface area contributed by atoms with E-state index in [2.05, 4.69) is 23.6 Å². The molecule has 0 aromatic carbocycles. The summed E-state index contributed by atoms with van der Waals surface area (Å²) in [5, 5.41) is 0. The quantitative estimate of drug-likeness (QED) is 0.115. The lowest BCUT2D eigenvalue weighted by molar-refractivity contribution is 0.167. The first-order chi connectivity index (χ1) is 16.2. The maximum atomic E-state index is 5.86. The predicted octanol–water partition coefficient (Wildman–Crippen LogP) is 8.43. The molecule has 2 saturated carbocycles. The van der Waals surface area contributed by atoms with Crippen molar-refractivity contribution in [1.29, 1.82) is 0 Å². The molecule has 0 radical (unpaired) electrons. The second-order valence-electron chi connectivity index (χ2n) is 8.93. The molecule has 0 aliphatic heterocycles. The van der Waals surface area contributed by atoms with E-state index >= 15 is 0 Å². The molecular weight excluding hydrogens is 525 g/mol. The van der Waals surface area contributed by atoms with Crippen molar-refractivity contribution in [3.05, 3.63) is 0 Å². The second kappa shape index (κ2) is 19.3. The standard InChI is InChI=1S/C24H44N2OS6/c1-3-15-25(21-11-7-5-8-12-21)23(28)32-30-19-17-27-18-20-31-33-24(29)26(16-4-2)22-13-9-6-10-14-22/h21-22H,3-20H2,1-2H3. The van der Waals surface area contributed by atoms with Gasteiger partial charge in [0.25, 0.3) is 0 Å². The highest BCUT2D eigenvalue weighted by Gasteiger charge is 2.24. The molecule has 2 rings (SSSR count). The van der Waals surface area contributed by atoms with Crippen LogP contribution in [0, 0.1) is 0 Å². The lowest BCUT2D eigenvalue weighted by Crippen LogP contribution is -2.39. The summed E-state index contributed by atoms with van der Waals surface area (Å²) in [5.41, 5.74) is 0. The number of nitrogens with zero attached hydrogens (tertiary/aromatic N) is 2. The lowest BCUT2D eigenvalue weighted by Gasteiger charge is -2.35. The molecule has 192 valence electrons. The average Bonchev–Trinajstić information content (AvgIpc) is 2.85. The minimum absolute atomic E-state index is 0.669. The molecule has 0 aromatic rings. The molecule has 33 heavy (non-hydrogen) atoms. The molecule has 0 unspecified atom stereocenters. The van der Waals surface area contributed by atoms with E-state index in [0.29, 0.717) is 12.1 Å². The molecule has 2 aliphatic rings. The van der Waals surface area contributed by atoms with Gasteiger partial charge in [0, 0.05) is 36.7 Å². The van der Waals surface area contributed by atoms with Crippen molar-refractivity contribution in [2.45, 2.75) is 103 Å². The van der Waals surface area contributed by atoms with Crippen molar-refractivity contribution >= 4 is 76.3 Å². The Morgan fingerprint density at radius 1 is 0.697 bits per heavy atom. The van der Waals surface area contributed by atoms with E-state index < -0.39 is 0 Å². The highest BCUT2D eigenvalue weighted by Crippen LogP contribution is 2.32. The summed E-state index contributed by atoms with van der Waals surface area (Å²) in [6.45, 7) is 8.28. The van der Waals surface area contributed by atoms with Gasteiger partial charge in [0.1, 0.15) is 8.64 Å². The van der Waals surface area contributed by atoms with Crippen molar-refractivity contribution in [1.82, 2.24) is 9.80 Å². The fraction of sp³-hybridized carbons (Fsp3) is 0.917. The summed E-state index contributed by atoms with van der Waals surface area (Å²) in [4.78, 5) is 5.00. The highest BCUT2D eigenvalue weighted by molar-refractivity contribution is 8.84. The third-order valence-electron chi connectivity index (χ3n) is 6.31. The third kappa shape index (κ3) is 12.3. The fourth-order valence-electron chi connectivity index (χ4n) is 4.68. The monoisotopic (exact) mass is 568 g/mol. The average molecular weight is 569 g/mol. The summed E-state index contributed by atoms with van der Waals surface area (Å²) in [5.74, 6) is 1.97. The van der Waals surface area contributed by atoms with Crippen LogP contribution in [0.4, 0.5) is 0 Å². The summed E-state index contributed by atoms with van der Waals surface area (Å²) in [6, 6.07) is 1.34. The van der Waals surface area contributed by atoms with Gasteiger partial charge in [0.15, 0.2) is 0 Å². The summed E-state index contributed by atoms with van der Waals surface area (Å²) < 4.78 is 8.01. The molecule has 0 saturated heterocycles. The molecular formula is C24H44N2OS6. The van der Waals surface area contributed by atoms with Crippen LogP contribution in [-0.2, 0) is 4.74 Å². The first-order valence-electron chi connectivity index (χ1n) is 12.9. The van der Waals surface area contributed by atoms with Gasteiger partial charge in [-0.05, 0) is 60.1 Å². The van der Waals surface area contributed by atoms with E-state index in [1.54, 1.807) is 21.6 Å². The van der Waals surface area contributed by atoms with E-state index in [9.17, 15) is 0 Å². The van der Waals surface area contributed by atoms with Crippen LogP contribution in [0.3, 0.4) is 0 Å². The van der Waals surface area contributed by atoms with E-state index in [1.165, 1.54) is 77.0 Å². The summed E-state index contributed by atoms with van der Waals surface area (Å²) >= 11 is 11.5. The zero-order valence-corrected chi connectivity index (χ0v) is 25.5. The second-order valence-corrected chi connectivity index (χ2v) is 15.0. The van der Waals surface area contributed by atoms with Gasteiger partial charge >= 0.3 is 0 Å². The van der Waals surface area contributed by atoms with E-state index in [0.717, 1.165) is 46.5 Å². The van der Waals surface area contributed by atoms with Crippen molar-refractivity contribution in [2.75, 3.05) is 37.8 Å². The Hall–Kier alpha value is 1.14. The zero-order chi connectivity index (χ0) is 23.7. The van der Waals surface area contributed by atoms with Gasteiger partial charge in [0.05, 0.1) is 13.2 Å². The Morgan fingerprint density at radius 2 is 1.09 bits per heavy atom. The van der Waals surface area contributed by atoms with Crippen LogP contribution in [0.15, 0.2) is 0 Å². The van der Waals surface area contributed by atoms with Crippen molar-refractivity contribution in [3.63, 3.8) is 0 Å². The molecule has 0 heterocycles. The van der Waals surface area contributed by atoms with Crippen LogP contribution in [0.1, 0.15) is 90.9 Å². The van der Waals surface area contributed by atoms with Gasteiger partial charge in [-0.3, -0.25) is 0 Å². The molecule has 0 atom stereocenters. The van der Waals surface area contributed by atoms with Crippen LogP contribution in [0.5, 0.6) is 0 Å². The van der Waals surface area contributed by atoms with Crippen LogP contribution in [0.2, 0.25) is 0 Å². The van der Waals surface area contributed by atoms with Gasteiger partial charge in [-0.15, -0.1) is 0 Å². The van der Waals surface area contributed by atoms with E-state index in [1.807, 2.05) is 21.6 Å². The van der Waals surface area contributed by atoms with Crippen molar-refractivity contribution in [3.8, 4) is 0 Å². The molecule has 0 amide bonds. The Labute approximate surface area is 230 Å². The van der Waals surface area contributed by atoms with Crippen LogP contribution in [0.25, 0.3) is 0 Å². The lowest BCUT2D eigenvalue weighted by atomic mass is 9.94. The third-order valence-corrected chi connectivity index (χ3v) is 12.2. The number of rotatable bonds is 14. The van der Waals surface area contributed by atoms with Crippen molar-refractivity contribution < 1.29 is 4.74 Å². The van der Waals surface area contributed by atoms with Crippen LogP contribution < -0.4 is 0 Å². The Balaban J connectivity index is 1.51. The first kappa shape index (κ1) is 30.4. The zero-order valence-electron chi connectivity index (χ0n) is 20.6. The maximum absolute atomic E-state index is 5.86. The largest absolute Gasteiger partial charge is 0.380 e. The van der Waals surface area contributed by atoms with E-state index in [4.69, 9.17) is 29.2 Å². The first-order valence-corrected chi connectivity index (χ1v) is 18.4. The Morgan fingerprint density at radius 3 is 1.45 bits per heavy atom. The number of hydrogen-bond acceptors (Lipinski definition) is 7. The molecule has 2 aliphatic carbocycles. The number of ether oxygens (including phenoxy) is 1. The summed E-state index contributed by atoms with van der Waals surface area (Å²) in [7, 11) is 7.23. The minimum Gasteiger partial charge on any atom is -0.380 e. The molecule has 2 fully saturated rings.